The summed E-state index contributed by atoms with van der Waals surface area (Å²) in [4.78, 5) is 11.2. The van der Waals surface area contributed by atoms with E-state index in [1.54, 1.807) is 6.07 Å². The van der Waals surface area contributed by atoms with Gasteiger partial charge in [-0.3, -0.25) is 0 Å². The van der Waals surface area contributed by atoms with Crippen LogP contribution in [0.1, 0.15) is 35.0 Å². The summed E-state index contributed by atoms with van der Waals surface area (Å²) in [6, 6.07) is 16.0. The van der Waals surface area contributed by atoms with E-state index in [9.17, 15) is 5.26 Å². The van der Waals surface area contributed by atoms with Gasteiger partial charge >= 0.3 is 0 Å². The number of nitrogens with two attached hydrogens (primary N) is 1. The highest BCUT2D eigenvalue weighted by atomic mass is 16.5. The lowest BCUT2D eigenvalue weighted by Gasteiger charge is -2.28. The number of rotatable bonds is 4. The first-order valence-corrected chi connectivity index (χ1v) is 10.9. The Bertz CT molecular complexity index is 1200. The van der Waals surface area contributed by atoms with Gasteiger partial charge in [-0.25, -0.2) is 4.98 Å². The molecule has 0 bridgehead atoms. The van der Waals surface area contributed by atoms with E-state index in [0.29, 0.717) is 36.2 Å². The van der Waals surface area contributed by atoms with Crippen LogP contribution in [0.15, 0.2) is 42.5 Å². The number of hydrogen-bond acceptors (Lipinski definition) is 7. The van der Waals surface area contributed by atoms with Crippen LogP contribution in [0.25, 0.3) is 11.1 Å². The Balaban J connectivity index is 1.51. The molecule has 3 aromatic rings. The number of nitriles is 1. The number of fused-ring (bicyclic) bond motifs is 1. The van der Waals surface area contributed by atoms with Crippen molar-refractivity contribution in [3.8, 4) is 28.8 Å². The molecule has 2 heterocycles. The molecule has 0 amide bonds. The van der Waals surface area contributed by atoms with Crippen molar-refractivity contribution in [2.45, 2.75) is 25.8 Å². The van der Waals surface area contributed by atoms with Crippen LogP contribution in [0.5, 0.6) is 11.6 Å². The van der Waals surface area contributed by atoms with E-state index < -0.39 is 0 Å². The Morgan fingerprint density at radius 1 is 1.12 bits per heavy atom. The quantitative estimate of drug-likeness (QED) is 0.674. The number of anilines is 1. The SMILES string of the molecule is Cc1nc(Oc2cc(C#N)ccc2-c2ccc3c(c2)CCC3N)cc(N2CCOCC2)n1. The van der Waals surface area contributed by atoms with Crippen molar-refractivity contribution in [1.82, 2.24) is 9.97 Å². The average Bonchev–Trinajstić information content (AvgIpc) is 3.19. The van der Waals surface area contributed by atoms with E-state index >= 15 is 0 Å². The number of aryl methyl sites for hydroxylation is 2. The van der Waals surface area contributed by atoms with Crippen LogP contribution in [-0.4, -0.2) is 36.3 Å². The van der Waals surface area contributed by atoms with Crippen LogP contribution in [0.4, 0.5) is 5.82 Å². The van der Waals surface area contributed by atoms with Gasteiger partial charge in [-0.2, -0.15) is 10.2 Å². The minimum absolute atomic E-state index is 0.110. The van der Waals surface area contributed by atoms with Gasteiger partial charge in [0, 0.05) is 30.8 Å². The molecule has 1 aliphatic heterocycles. The molecule has 162 valence electrons. The largest absolute Gasteiger partial charge is 0.438 e. The molecule has 1 fully saturated rings. The number of morpholine rings is 1. The number of ether oxygens (including phenoxy) is 2. The summed E-state index contributed by atoms with van der Waals surface area (Å²) in [5.74, 6) is 2.50. The highest BCUT2D eigenvalue weighted by molar-refractivity contribution is 5.73. The molecule has 1 unspecified atom stereocenters. The predicted molar refractivity (Wildman–Crippen MR) is 122 cm³/mol. The van der Waals surface area contributed by atoms with E-state index in [1.165, 1.54) is 11.1 Å². The maximum atomic E-state index is 9.44. The first kappa shape index (κ1) is 20.4. The Labute approximate surface area is 187 Å². The molecule has 0 saturated carbocycles. The summed E-state index contributed by atoms with van der Waals surface area (Å²) in [5.41, 5.74) is 11.2. The van der Waals surface area contributed by atoms with E-state index in [-0.39, 0.29) is 6.04 Å². The monoisotopic (exact) mass is 427 g/mol. The second-order valence-electron chi connectivity index (χ2n) is 8.19. The van der Waals surface area contributed by atoms with Gasteiger partial charge in [0.25, 0.3) is 0 Å². The first-order chi connectivity index (χ1) is 15.6. The molecule has 2 aliphatic rings. The Morgan fingerprint density at radius 3 is 2.78 bits per heavy atom. The van der Waals surface area contributed by atoms with E-state index in [2.05, 4.69) is 39.1 Å². The molecule has 2 N–H and O–H groups in total. The highest BCUT2D eigenvalue weighted by Gasteiger charge is 2.21. The maximum Gasteiger partial charge on any atom is 0.224 e. The standard InChI is InChI=1S/C25H25N5O2/c1-16-28-24(30-8-10-31-11-9-30)14-25(29-16)32-23-12-17(15-26)2-5-21(23)19-3-6-20-18(13-19)4-7-22(20)27/h2-3,5-6,12-14,22H,4,7-11,27H2,1H3. The van der Waals surface area contributed by atoms with E-state index in [1.807, 2.05) is 25.1 Å². The highest BCUT2D eigenvalue weighted by Crippen LogP contribution is 2.38. The average molecular weight is 428 g/mol. The molecule has 7 nitrogen and oxygen atoms in total. The van der Waals surface area contributed by atoms with Crippen LogP contribution in [-0.2, 0) is 11.2 Å². The lowest BCUT2D eigenvalue weighted by molar-refractivity contribution is 0.122. The molecule has 0 radical (unpaired) electrons. The van der Waals surface area contributed by atoms with Crippen molar-refractivity contribution in [2.75, 3.05) is 31.2 Å². The minimum atomic E-state index is 0.110. The van der Waals surface area contributed by atoms with E-state index in [4.69, 9.17) is 15.2 Å². The van der Waals surface area contributed by atoms with Crippen LogP contribution in [0, 0.1) is 18.3 Å². The third-order valence-corrected chi connectivity index (χ3v) is 6.04. The topological polar surface area (TPSA) is 97.3 Å². The fourth-order valence-corrected chi connectivity index (χ4v) is 4.38. The molecule has 1 aromatic heterocycles. The summed E-state index contributed by atoms with van der Waals surface area (Å²) in [6.07, 6.45) is 1.95. The van der Waals surface area contributed by atoms with E-state index in [0.717, 1.165) is 42.9 Å². The molecule has 1 atom stereocenters. The third-order valence-electron chi connectivity index (χ3n) is 6.04. The smallest absolute Gasteiger partial charge is 0.224 e. The molecule has 2 aromatic carbocycles. The van der Waals surface area contributed by atoms with Crippen LogP contribution < -0.4 is 15.4 Å². The van der Waals surface area contributed by atoms with Gasteiger partial charge in [0.15, 0.2) is 0 Å². The molecule has 0 spiro atoms. The number of aromatic nitrogens is 2. The molecular weight excluding hydrogens is 402 g/mol. The second kappa shape index (κ2) is 8.58. The molecular formula is C25H25N5O2. The van der Waals surface area contributed by atoms with Crippen molar-refractivity contribution >= 4 is 5.82 Å². The normalized spacial score (nSPS) is 17.7. The second-order valence-corrected chi connectivity index (χ2v) is 8.19. The minimum Gasteiger partial charge on any atom is -0.438 e. The predicted octanol–water partition coefficient (Wildman–Crippen LogP) is 3.90. The van der Waals surface area contributed by atoms with Gasteiger partial charge in [-0.15, -0.1) is 0 Å². The zero-order valence-electron chi connectivity index (χ0n) is 18.0. The molecule has 32 heavy (non-hydrogen) atoms. The maximum absolute atomic E-state index is 9.44. The zero-order valence-corrected chi connectivity index (χ0v) is 18.0. The third kappa shape index (κ3) is 4.03. The van der Waals surface area contributed by atoms with Crippen LogP contribution in [0.3, 0.4) is 0 Å². The van der Waals surface area contributed by atoms with Crippen molar-refractivity contribution < 1.29 is 9.47 Å². The summed E-state index contributed by atoms with van der Waals surface area (Å²) >= 11 is 0. The lowest BCUT2D eigenvalue weighted by atomic mass is 9.98. The van der Waals surface area contributed by atoms with Gasteiger partial charge in [-0.1, -0.05) is 18.2 Å². The zero-order chi connectivity index (χ0) is 22.1. The first-order valence-electron chi connectivity index (χ1n) is 10.9. The summed E-state index contributed by atoms with van der Waals surface area (Å²) in [7, 11) is 0. The Hall–Kier alpha value is -3.47. The summed E-state index contributed by atoms with van der Waals surface area (Å²) in [6.45, 7) is 4.77. The molecule has 1 aliphatic carbocycles. The summed E-state index contributed by atoms with van der Waals surface area (Å²) in [5, 5.41) is 9.44. The lowest BCUT2D eigenvalue weighted by Crippen LogP contribution is -2.36. The number of hydrogen-bond donors (Lipinski definition) is 1. The summed E-state index contributed by atoms with van der Waals surface area (Å²) < 4.78 is 11.7. The van der Waals surface area contributed by atoms with Crippen LogP contribution in [0.2, 0.25) is 0 Å². The van der Waals surface area contributed by atoms with Crippen molar-refractivity contribution in [3.05, 3.63) is 65.0 Å². The van der Waals surface area contributed by atoms with Crippen LogP contribution >= 0.6 is 0 Å². The molecule has 1 saturated heterocycles. The molecule has 7 heteroatoms. The van der Waals surface area contributed by atoms with Gasteiger partial charge in [0.2, 0.25) is 5.88 Å². The Kier molecular flexibility index (Phi) is 5.48. The van der Waals surface area contributed by atoms with Gasteiger partial charge in [-0.05, 0) is 54.7 Å². The van der Waals surface area contributed by atoms with Crippen molar-refractivity contribution in [3.63, 3.8) is 0 Å². The number of benzene rings is 2. The van der Waals surface area contributed by atoms with Gasteiger partial charge < -0.3 is 20.1 Å². The fourth-order valence-electron chi connectivity index (χ4n) is 4.38. The van der Waals surface area contributed by atoms with Gasteiger partial charge in [0.05, 0.1) is 24.8 Å². The Morgan fingerprint density at radius 2 is 1.97 bits per heavy atom. The fraction of sp³-hybridized carbons (Fsp3) is 0.320. The van der Waals surface area contributed by atoms with Crippen molar-refractivity contribution in [2.24, 2.45) is 5.73 Å². The van der Waals surface area contributed by atoms with Gasteiger partial charge in [0.1, 0.15) is 17.4 Å². The number of nitrogens with zero attached hydrogens (tertiary/aromatic N) is 4. The molecule has 5 rings (SSSR count). The van der Waals surface area contributed by atoms with Crippen molar-refractivity contribution in [1.29, 1.82) is 5.26 Å².